The Bertz CT molecular complexity index is 581. The van der Waals surface area contributed by atoms with Crippen LogP contribution in [0.2, 0.25) is 0 Å². The number of rotatable bonds is 1. The molecule has 1 aromatic rings. The molecule has 1 N–H and O–H groups in total. The minimum absolute atomic E-state index is 0. The van der Waals surface area contributed by atoms with E-state index in [0.29, 0.717) is 25.1 Å². The molecule has 1 aromatic carbocycles. The van der Waals surface area contributed by atoms with E-state index in [2.05, 4.69) is 5.32 Å². The number of piperidine rings is 1. The van der Waals surface area contributed by atoms with Gasteiger partial charge >= 0.3 is 0 Å². The van der Waals surface area contributed by atoms with Crippen molar-refractivity contribution in [2.75, 3.05) is 11.4 Å². The Labute approximate surface area is 129 Å². The highest BCUT2D eigenvalue weighted by Gasteiger charge is 2.54. The fourth-order valence-electron chi connectivity index (χ4n) is 3.41. The highest BCUT2D eigenvalue weighted by Crippen LogP contribution is 2.40. The number of nitrogens with one attached hydrogen (secondary N) is 1. The van der Waals surface area contributed by atoms with Crippen LogP contribution in [0, 0.1) is 5.82 Å². The van der Waals surface area contributed by atoms with Gasteiger partial charge in [0.25, 0.3) is 0 Å². The lowest BCUT2D eigenvalue weighted by Crippen LogP contribution is -2.58. The maximum Gasteiger partial charge on any atom is 0.235 e. The molecule has 2 aliphatic heterocycles. The molecule has 2 saturated heterocycles. The topological polar surface area (TPSA) is 49.4 Å². The second kappa shape index (κ2) is 5.73. The highest BCUT2D eigenvalue weighted by molar-refractivity contribution is 6.19. The van der Waals surface area contributed by atoms with Gasteiger partial charge < -0.3 is 5.32 Å². The average Bonchev–Trinajstić information content (AvgIpc) is 2.60. The molecule has 3 rings (SSSR count). The molecule has 0 bridgehead atoms. The molecular weight excluding hydrogens is 295 g/mol. The zero-order valence-electron chi connectivity index (χ0n) is 11.8. The third-order valence-electron chi connectivity index (χ3n) is 4.25. The first-order chi connectivity index (χ1) is 9.53. The van der Waals surface area contributed by atoms with Crippen LogP contribution >= 0.6 is 12.4 Å². The lowest BCUT2D eigenvalue weighted by molar-refractivity contribution is -0.124. The zero-order valence-corrected chi connectivity index (χ0v) is 12.6. The molecule has 0 aliphatic carbocycles. The van der Waals surface area contributed by atoms with E-state index in [1.807, 2.05) is 6.92 Å². The number of halogens is 2. The minimum atomic E-state index is -0.796. The summed E-state index contributed by atoms with van der Waals surface area (Å²) in [6.07, 6.45) is 1.08. The molecule has 1 amide bonds. The van der Waals surface area contributed by atoms with Gasteiger partial charge in [0.05, 0.1) is 6.42 Å². The van der Waals surface area contributed by atoms with E-state index < -0.39 is 11.4 Å². The predicted octanol–water partition coefficient (Wildman–Crippen LogP) is 2.06. The molecule has 0 unspecified atom stereocenters. The second-order valence-electron chi connectivity index (χ2n) is 5.65. The summed E-state index contributed by atoms with van der Waals surface area (Å²) in [5.41, 5.74) is -0.315. The largest absolute Gasteiger partial charge is 0.314 e. The van der Waals surface area contributed by atoms with Gasteiger partial charge in [0.2, 0.25) is 5.91 Å². The van der Waals surface area contributed by atoms with Crippen molar-refractivity contribution < 1.29 is 14.0 Å². The van der Waals surface area contributed by atoms with Crippen LogP contribution in [0.5, 0.6) is 0 Å². The van der Waals surface area contributed by atoms with Crippen LogP contribution in [0.3, 0.4) is 0 Å². The van der Waals surface area contributed by atoms with Crippen molar-refractivity contribution in [3.05, 3.63) is 30.1 Å². The van der Waals surface area contributed by atoms with Crippen molar-refractivity contribution in [2.45, 2.75) is 37.8 Å². The third-order valence-corrected chi connectivity index (χ3v) is 4.25. The van der Waals surface area contributed by atoms with E-state index >= 15 is 0 Å². The van der Waals surface area contributed by atoms with E-state index in [9.17, 15) is 14.0 Å². The van der Waals surface area contributed by atoms with E-state index in [0.717, 1.165) is 0 Å². The van der Waals surface area contributed by atoms with Crippen molar-refractivity contribution in [1.82, 2.24) is 5.32 Å². The predicted molar refractivity (Wildman–Crippen MR) is 80.2 cm³/mol. The molecule has 1 spiro atoms. The first-order valence-corrected chi connectivity index (χ1v) is 6.88. The summed E-state index contributed by atoms with van der Waals surface area (Å²) in [7, 11) is 0. The van der Waals surface area contributed by atoms with Gasteiger partial charge in [-0.05, 0) is 44.5 Å². The van der Waals surface area contributed by atoms with Gasteiger partial charge in [-0.15, -0.1) is 12.4 Å². The molecule has 2 aliphatic rings. The maximum absolute atomic E-state index is 13.4. The van der Waals surface area contributed by atoms with Gasteiger partial charge in [-0.3, -0.25) is 14.5 Å². The van der Waals surface area contributed by atoms with Crippen molar-refractivity contribution >= 4 is 29.8 Å². The maximum atomic E-state index is 13.4. The first-order valence-electron chi connectivity index (χ1n) is 6.88. The Morgan fingerprint density at radius 1 is 1.38 bits per heavy atom. The molecule has 2 atom stereocenters. The minimum Gasteiger partial charge on any atom is -0.314 e. The molecule has 0 saturated carbocycles. The van der Waals surface area contributed by atoms with Gasteiger partial charge in [0.15, 0.2) is 5.78 Å². The number of ketones is 1. The van der Waals surface area contributed by atoms with Crippen molar-refractivity contribution in [1.29, 1.82) is 0 Å². The summed E-state index contributed by atoms with van der Waals surface area (Å²) in [5, 5.41) is 3.29. The normalized spacial score (nSPS) is 28.9. The van der Waals surface area contributed by atoms with Gasteiger partial charge in [-0.25, -0.2) is 4.39 Å². The number of nitrogens with zero attached hydrogens (tertiary/aromatic N) is 1. The van der Waals surface area contributed by atoms with Gasteiger partial charge in [-0.2, -0.15) is 0 Å². The number of anilines is 1. The summed E-state index contributed by atoms with van der Waals surface area (Å²) in [4.78, 5) is 26.2. The Morgan fingerprint density at radius 2 is 2.14 bits per heavy atom. The number of hydrogen-bond donors (Lipinski definition) is 1. The van der Waals surface area contributed by atoms with Crippen LogP contribution in [0.4, 0.5) is 10.1 Å². The summed E-state index contributed by atoms with van der Waals surface area (Å²) in [6, 6.07) is 6.08. The smallest absolute Gasteiger partial charge is 0.235 e. The summed E-state index contributed by atoms with van der Waals surface area (Å²) >= 11 is 0. The second-order valence-corrected chi connectivity index (χ2v) is 5.65. The van der Waals surface area contributed by atoms with Crippen molar-refractivity contribution in [2.24, 2.45) is 0 Å². The molecule has 21 heavy (non-hydrogen) atoms. The molecule has 6 heteroatoms. The van der Waals surface area contributed by atoms with Crippen LogP contribution in [0.25, 0.3) is 0 Å². The average molecular weight is 313 g/mol. The van der Waals surface area contributed by atoms with E-state index in [1.54, 1.807) is 12.1 Å². The number of Topliss-reactive ketones (excluding diaryl/α,β-unsaturated/α-hetero) is 1. The van der Waals surface area contributed by atoms with Crippen LogP contribution < -0.4 is 10.2 Å². The van der Waals surface area contributed by atoms with E-state index in [4.69, 9.17) is 0 Å². The van der Waals surface area contributed by atoms with Crippen LogP contribution in [0.15, 0.2) is 24.3 Å². The summed E-state index contributed by atoms with van der Waals surface area (Å²) in [5.74, 6) is -0.665. The number of hydrogen-bond acceptors (Lipinski definition) is 3. The fraction of sp³-hybridized carbons (Fsp3) is 0.467. The Kier molecular flexibility index (Phi) is 4.35. The third kappa shape index (κ3) is 2.56. The van der Waals surface area contributed by atoms with Crippen LogP contribution in [-0.4, -0.2) is 29.8 Å². The van der Waals surface area contributed by atoms with E-state index in [1.165, 1.54) is 17.0 Å². The quantitative estimate of drug-likeness (QED) is 0.808. The molecule has 2 fully saturated rings. The number of amides is 1. The molecule has 114 valence electrons. The monoisotopic (exact) mass is 312 g/mol. The first kappa shape index (κ1) is 15.9. The molecule has 0 radical (unpaired) electrons. The van der Waals surface area contributed by atoms with Crippen LogP contribution in [-0.2, 0) is 9.59 Å². The molecule has 2 heterocycles. The fourth-order valence-corrected chi connectivity index (χ4v) is 3.41. The summed E-state index contributed by atoms with van der Waals surface area (Å²) in [6.45, 7) is 2.69. The molecule has 0 aromatic heterocycles. The number of benzene rings is 1. The van der Waals surface area contributed by atoms with Crippen LogP contribution in [0.1, 0.15) is 26.2 Å². The van der Waals surface area contributed by atoms with E-state index in [-0.39, 0.29) is 36.6 Å². The standard InChI is InChI=1S/C15H17FN2O2.ClH/c1-10-9-15(5-6-17-10)13(19)8-14(20)18(15)12-4-2-3-11(16)7-12;/h2-4,7,10,17H,5-6,8-9H2,1H3;1H/t10-,15+;/m0./s1. The molecular formula is C15H18ClFN2O2. The Morgan fingerprint density at radius 3 is 2.81 bits per heavy atom. The number of carbonyl (C=O) groups is 2. The van der Waals surface area contributed by atoms with Gasteiger partial charge in [0.1, 0.15) is 11.4 Å². The van der Waals surface area contributed by atoms with Crippen molar-refractivity contribution in [3.8, 4) is 0 Å². The Balaban J connectivity index is 0.00000161. The van der Waals surface area contributed by atoms with Crippen molar-refractivity contribution in [3.63, 3.8) is 0 Å². The van der Waals surface area contributed by atoms with Gasteiger partial charge in [-0.1, -0.05) is 6.07 Å². The number of carbonyl (C=O) groups excluding carboxylic acids is 2. The lowest BCUT2D eigenvalue weighted by Gasteiger charge is -2.42. The SMILES string of the molecule is C[C@H]1C[C@]2(CCN1)C(=O)CC(=O)N2c1cccc(F)c1.Cl. The lowest BCUT2D eigenvalue weighted by atomic mass is 9.81. The highest BCUT2D eigenvalue weighted by atomic mass is 35.5. The summed E-state index contributed by atoms with van der Waals surface area (Å²) < 4.78 is 13.4. The Hall–Kier alpha value is -1.46. The zero-order chi connectivity index (χ0) is 14.3. The van der Waals surface area contributed by atoms with Gasteiger partial charge in [0, 0.05) is 11.7 Å². The molecule has 4 nitrogen and oxygen atoms in total.